The average Bonchev–Trinajstić information content (AvgIpc) is 1.97. The van der Waals surface area contributed by atoms with Crippen molar-refractivity contribution in [3.8, 4) is 0 Å². The highest BCUT2D eigenvalue weighted by Crippen LogP contribution is 2.16. The van der Waals surface area contributed by atoms with Crippen LogP contribution in [0.15, 0.2) is 6.20 Å². The van der Waals surface area contributed by atoms with Crippen molar-refractivity contribution < 1.29 is 9.90 Å². The molecule has 1 rings (SSSR count). The highest BCUT2D eigenvalue weighted by atomic mass is 16.4. The lowest BCUT2D eigenvalue weighted by molar-refractivity contribution is 0.0695. The molecule has 0 aliphatic rings. The van der Waals surface area contributed by atoms with Crippen molar-refractivity contribution in [1.82, 2.24) is 4.98 Å². The number of carboxylic acid groups (broad SMARTS) is 1. The molecule has 0 unspecified atom stereocenters. The van der Waals surface area contributed by atoms with Crippen LogP contribution in [0, 0.1) is 13.8 Å². The lowest BCUT2D eigenvalue weighted by Gasteiger charge is -2.05. The largest absolute Gasteiger partial charge is 0.478 e. The summed E-state index contributed by atoms with van der Waals surface area (Å²) >= 11 is 0. The second-order valence-electron chi connectivity index (χ2n) is 2.63. The molecule has 12 heavy (non-hydrogen) atoms. The van der Waals surface area contributed by atoms with E-state index < -0.39 is 5.97 Å². The summed E-state index contributed by atoms with van der Waals surface area (Å²) in [7, 11) is 0. The summed E-state index contributed by atoms with van der Waals surface area (Å²) in [6, 6.07) is 0. The maximum atomic E-state index is 10.7. The number of nitrogen functional groups attached to an aromatic ring is 1. The number of carboxylic acids is 1. The first-order valence-electron chi connectivity index (χ1n) is 3.49. The number of aromatic nitrogens is 1. The molecule has 3 N–H and O–H groups in total. The summed E-state index contributed by atoms with van der Waals surface area (Å²) in [6.07, 6.45) is 1.46. The minimum Gasteiger partial charge on any atom is -0.478 e. The van der Waals surface area contributed by atoms with Gasteiger partial charge in [-0.25, -0.2) is 9.78 Å². The van der Waals surface area contributed by atoms with Gasteiger partial charge in [0.15, 0.2) is 0 Å². The van der Waals surface area contributed by atoms with Gasteiger partial charge in [-0.2, -0.15) is 0 Å². The molecule has 4 nitrogen and oxygen atoms in total. The number of rotatable bonds is 1. The summed E-state index contributed by atoms with van der Waals surface area (Å²) in [5.74, 6) is -0.683. The van der Waals surface area contributed by atoms with Gasteiger partial charge in [0.1, 0.15) is 5.82 Å². The zero-order chi connectivity index (χ0) is 9.30. The van der Waals surface area contributed by atoms with Gasteiger partial charge in [-0.3, -0.25) is 0 Å². The van der Waals surface area contributed by atoms with Gasteiger partial charge < -0.3 is 10.8 Å². The number of hydrogen-bond acceptors (Lipinski definition) is 3. The van der Waals surface area contributed by atoms with Crippen LogP contribution in [0.5, 0.6) is 0 Å². The van der Waals surface area contributed by atoms with Gasteiger partial charge in [0.2, 0.25) is 0 Å². The molecule has 0 aliphatic heterocycles. The number of pyridine rings is 1. The van der Waals surface area contributed by atoms with E-state index in [1.165, 1.54) is 6.20 Å². The fourth-order valence-electron chi connectivity index (χ4n) is 1.08. The molecule has 0 saturated heterocycles. The van der Waals surface area contributed by atoms with Crippen LogP contribution >= 0.6 is 0 Å². The third kappa shape index (κ3) is 1.23. The van der Waals surface area contributed by atoms with Gasteiger partial charge in [0, 0.05) is 11.8 Å². The topological polar surface area (TPSA) is 76.2 Å². The molecule has 0 fully saturated rings. The number of anilines is 1. The smallest absolute Gasteiger partial charge is 0.336 e. The van der Waals surface area contributed by atoms with E-state index >= 15 is 0 Å². The van der Waals surface area contributed by atoms with Crippen molar-refractivity contribution in [2.45, 2.75) is 13.8 Å². The standard InChI is InChI=1S/C8H10N2O2/c1-4-3-10-7(9)5(2)6(4)8(11)12/h3H,1-2H3,(H2,9,10)(H,11,12). The van der Waals surface area contributed by atoms with Crippen molar-refractivity contribution in [3.63, 3.8) is 0 Å². The van der Waals surface area contributed by atoms with Gasteiger partial charge in [0.05, 0.1) is 5.56 Å². The molecule has 4 heteroatoms. The Balaban J connectivity index is 3.43. The van der Waals surface area contributed by atoms with E-state index in [1.54, 1.807) is 13.8 Å². The van der Waals surface area contributed by atoms with E-state index in [4.69, 9.17) is 10.8 Å². The zero-order valence-corrected chi connectivity index (χ0v) is 6.96. The van der Waals surface area contributed by atoms with Crippen molar-refractivity contribution in [2.24, 2.45) is 0 Å². The minimum absolute atomic E-state index is 0.252. The van der Waals surface area contributed by atoms with Gasteiger partial charge >= 0.3 is 5.97 Å². The first-order chi connectivity index (χ1) is 5.54. The Hall–Kier alpha value is -1.58. The van der Waals surface area contributed by atoms with Crippen LogP contribution in [-0.2, 0) is 0 Å². The first kappa shape index (κ1) is 8.52. The molecule has 1 aromatic rings. The lowest BCUT2D eigenvalue weighted by atomic mass is 10.1. The van der Waals surface area contributed by atoms with Gasteiger partial charge in [0.25, 0.3) is 0 Å². The molecule has 0 atom stereocenters. The molecule has 0 saturated carbocycles. The fourth-order valence-corrected chi connectivity index (χ4v) is 1.08. The normalized spacial score (nSPS) is 9.83. The molecule has 0 radical (unpaired) electrons. The van der Waals surface area contributed by atoms with Crippen molar-refractivity contribution >= 4 is 11.8 Å². The molecule has 0 aromatic carbocycles. The number of nitrogens with zero attached hydrogens (tertiary/aromatic N) is 1. The number of aromatic carboxylic acids is 1. The molecule has 64 valence electrons. The molecule has 1 heterocycles. The first-order valence-corrected chi connectivity index (χ1v) is 3.49. The fraction of sp³-hybridized carbons (Fsp3) is 0.250. The number of nitrogens with two attached hydrogens (primary N) is 1. The number of aryl methyl sites for hydroxylation is 1. The van der Waals surface area contributed by atoms with Crippen LogP contribution in [0.3, 0.4) is 0 Å². The summed E-state index contributed by atoms with van der Waals surface area (Å²) in [5.41, 5.74) is 6.87. The predicted molar refractivity (Wildman–Crippen MR) is 45.1 cm³/mol. The van der Waals surface area contributed by atoms with Crippen LogP contribution in [0.4, 0.5) is 5.82 Å². The Morgan fingerprint density at radius 3 is 2.58 bits per heavy atom. The SMILES string of the molecule is Cc1cnc(N)c(C)c1C(=O)O. The number of carbonyl (C=O) groups is 1. The van der Waals surface area contributed by atoms with Crippen LogP contribution < -0.4 is 5.73 Å². The van der Waals surface area contributed by atoms with E-state index in [0.717, 1.165) is 0 Å². The Labute approximate surface area is 70.0 Å². The van der Waals surface area contributed by atoms with E-state index in [2.05, 4.69) is 4.98 Å². The average molecular weight is 166 g/mol. The molecule has 0 amide bonds. The van der Waals surface area contributed by atoms with Crippen LogP contribution in [-0.4, -0.2) is 16.1 Å². The molecular formula is C8H10N2O2. The van der Waals surface area contributed by atoms with Crippen molar-refractivity contribution in [3.05, 3.63) is 22.9 Å². The van der Waals surface area contributed by atoms with E-state index in [0.29, 0.717) is 11.1 Å². The van der Waals surface area contributed by atoms with Crippen LogP contribution in [0.1, 0.15) is 21.5 Å². The minimum atomic E-state index is -0.959. The maximum Gasteiger partial charge on any atom is 0.336 e. The summed E-state index contributed by atoms with van der Waals surface area (Å²) in [6.45, 7) is 3.35. The predicted octanol–water partition coefficient (Wildman–Crippen LogP) is 0.979. The summed E-state index contributed by atoms with van der Waals surface area (Å²) < 4.78 is 0. The van der Waals surface area contributed by atoms with Gasteiger partial charge in [-0.1, -0.05) is 0 Å². The van der Waals surface area contributed by atoms with Crippen molar-refractivity contribution in [2.75, 3.05) is 5.73 Å². The van der Waals surface area contributed by atoms with E-state index in [-0.39, 0.29) is 11.4 Å². The quantitative estimate of drug-likeness (QED) is 0.652. The zero-order valence-electron chi connectivity index (χ0n) is 6.96. The summed E-state index contributed by atoms with van der Waals surface area (Å²) in [5, 5.41) is 8.79. The molecule has 0 aliphatic carbocycles. The molecule has 1 aromatic heterocycles. The third-order valence-electron chi connectivity index (χ3n) is 1.76. The lowest BCUT2D eigenvalue weighted by Crippen LogP contribution is -2.07. The van der Waals surface area contributed by atoms with Gasteiger partial charge in [-0.05, 0) is 19.4 Å². The Morgan fingerprint density at radius 2 is 2.17 bits per heavy atom. The molecular weight excluding hydrogens is 156 g/mol. The van der Waals surface area contributed by atoms with Crippen LogP contribution in [0.25, 0.3) is 0 Å². The van der Waals surface area contributed by atoms with Crippen LogP contribution in [0.2, 0.25) is 0 Å². The summed E-state index contributed by atoms with van der Waals surface area (Å²) in [4.78, 5) is 14.5. The monoisotopic (exact) mass is 166 g/mol. The Bertz CT molecular complexity index is 334. The Morgan fingerprint density at radius 1 is 1.58 bits per heavy atom. The molecule has 0 spiro atoms. The van der Waals surface area contributed by atoms with Gasteiger partial charge in [-0.15, -0.1) is 0 Å². The Kier molecular flexibility index (Phi) is 1.99. The maximum absolute atomic E-state index is 10.7. The molecule has 0 bridgehead atoms. The second kappa shape index (κ2) is 2.81. The van der Waals surface area contributed by atoms with Crippen molar-refractivity contribution in [1.29, 1.82) is 0 Å². The van der Waals surface area contributed by atoms with E-state index in [1.807, 2.05) is 0 Å². The van der Waals surface area contributed by atoms with E-state index in [9.17, 15) is 4.79 Å². The number of hydrogen-bond donors (Lipinski definition) is 2. The third-order valence-corrected chi connectivity index (χ3v) is 1.76. The highest BCUT2D eigenvalue weighted by Gasteiger charge is 2.12. The highest BCUT2D eigenvalue weighted by molar-refractivity contribution is 5.92. The second-order valence-corrected chi connectivity index (χ2v) is 2.63.